The molecule has 0 fully saturated rings. The Balaban J connectivity index is 1.38. The molecule has 0 aliphatic heterocycles. The van der Waals surface area contributed by atoms with Gasteiger partial charge in [0.2, 0.25) is 0 Å². The molecule has 2 aromatic carbocycles. The van der Waals surface area contributed by atoms with Crippen LogP contribution in [0, 0.1) is 5.82 Å². The van der Waals surface area contributed by atoms with E-state index < -0.39 is 0 Å². The van der Waals surface area contributed by atoms with Crippen LogP contribution in [0.5, 0.6) is 0 Å². The van der Waals surface area contributed by atoms with E-state index >= 15 is 4.39 Å². The highest BCUT2D eigenvalue weighted by Gasteiger charge is 2.14. The van der Waals surface area contributed by atoms with Gasteiger partial charge >= 0.3 is 0 Å². The molecule has 6 aromatic rings. The van der Waals surface area contributed by atoms with Gasteiger partial charge in [0.15, 0.2) is 0 Å². The molecule has 6 heteroatoms. The summed E-state index contributed by atoms with van der Waals surface area (Å²) < 4.78 is 15.2. The fourth-order valence-corrected chi connectivity index (χ4v) is 4.47. The van der Waals surface area contributed by atoms with Crippen LogP contribution >= 0.6 is 0 Å². The number of aromatic amines is 1. The average molecular weight is 460 g/mol. The zero-order valence-corrected chi connectivity index (χ0v) is 18.9. The number of fused-ring (bicyclic) bond motifs is 2. The van der Waals surface area contributed by atoms with Crippen molar-refractivity contribution in [2.45, 2.75) is 13.1 Å². The second-order valence-corrected chi connectivity index (χ2v) is 8.49. The maximum Gasteiger partial charge on any atom is 0.150 e. The third kappa shape index (κ3) is 4.16. The minimum absolute atomic E-state index is 0.346. The molecule has 170 valence electrons. The van der Waals surface area contributed by atoms with Crippen LogP contribution in [-0.2, 0) is 13.1 Å². The third-order valence-electron chi connectivity index (χ3n) is 6.17. The highest BCUT2D eigenvalue weighted by Crippen LogP contribution is 2.35. The summed E-state index contributed by atoms with van der Waals surface area (Å²) >= 11 is 0. The van der Waals surface area contributed by atoms with Crippen molar-refractivity contribution in [2.75, 3.05) is 0 Å². The van der Waals surface area contributed by atoms with Gasteiger partial charge in [-0.25, -0.2) is 9.37 Å². The van der Waals surface area contributed by atoms with Gasteiger partial charge in [-0.2, -0.15) is 0 Å². The summed E-state index contributed by atoms with van der Waals surface area (Å²) in [4.78, 5) is 16.3. The topological polar surface area (TPSA) is 66.5 Å². The van der Waals surface area contributed by atoms with Crippen molar-refractivity contribution in [2.24, 2.45) is 0 Å². The molecule has 35 heavy (non-hydrogen) atoms. The molecule has 4 aromatic heterocycles. The fraction of sp³-hybridized carbons (Fsp3) is 0.0690. The van der Waals surface area contributed by atoms with Crippen molar-refractivity contribution in [1.82, 2.24) is 25.3 Å². The second kappa shape index (κ2) is 9.08. The van der Waals surface area contributed by atoms with Crippen LogP contribution in [0.4, 0.5) is 4.39 Å². The first-order chi connectivity index (χ1) is 17.3. The standard InChI is InChI=1S/C29H22FN5/c30-27-13-22(12-24-23(8-10-33-28(24)27)21-7-4-9-31-17-21)26-18-35-29-25(26)11-20(16-34-29)15-32-14-19-5-2-1-3-6-19/h1-13,16-18,32H,14-15H2,(H,34,35). The number of nitrogens with one attached hydrogen (secondary N) is 2. The Labute approximate surface area is 201 Å². The third-order valence-corrected chi connectivity index (χ3v) is 6.17. The molecule has 0 unspecified atom stereocenters. The van der Waals surface area contributed by atoms with Gasteiger partial charge in [-0.3, -0.25) is 9.97 Å². The predicted octanol–water partition coefficient (Wildman–Crippen LogP) is 6.27. The molecule has 0 atom stereocenters. The van der Waals surface area contributed by atoms with E-state index in [1.165, 1.54) is 5.56 Å². The first kappa shape index (κ1) is 21.1. The number of hydrogen-bond donors (Lipinski definition) is 2. The van der Waals surface area contributed by atoms with Crippen molar-refractivity contribution in [3.05, 3.63) is 115 Å². The Morgan fingerprint density at radius 3 is 2.49 bits per heavy atom. The van der Waals surface area contributed by atoms with Crippen LogP contribution in [0.15, 0.2) is 97.7 Å². The van der Waals surface area contributed by atoms with E-state index in [9.17, 15) is 0 Å². The van der Waals surface area contributed by atoms with Gasteiger partial charge in [0.25, 0.3) is 0 Å². The Morgan fingerprint density at radius 2 is 1.63 bits per heavy atom. The van der Waals surface area contributed by atoms with E-state index in [0.717, 1.165) is 50.8 Å². The van der Waals surface area contributed by atoms with Gasteiger partial charge in [0.1, 0.15) is 17.0 Å². The molecule has 4 heterocycles. The lowest BCUT2D eigenvalue weighted by Gasteiger charge is -2.10. The number of rotatable bonds is 6. The lowest BCUT2D eigenvalue weighted by molar-refractivity contribution is 0.637. The number of nitrogens with zero attached hydrogens (tertiary/aromatic N) is 3. The molecule has 0 spiro atoms. The Bertz CT molecular complexity index is 1630. The number of hydrogen-bond acceptors (Lipinski definition) is 4. The molecule has 0 bridgehead atoms. The number of pyridine rings is 3. The molecule has 0 aliphatic rings. The second-order valence-electron chi connectivity index (χ2n) is 8.49. The summed E-state index contributed by atoms with van der Waals surface area (Å²) in [5.74, 6) is -0.355. The molecule has 2 N–H and O–H groups in total. The molecule has 0 saturated carbocycles. The van der Waals surface area contributed by atoms with Gasteiger partial charge in [-0.15, -0.1) is 0 Å². The highest BCUT2D eigenvalue weighted by atomic mass is 19.1. The van der Waals surface area contributed by atoms with E-state index in [1.54, 1.807) is 24.7 Å². The van der Waals surface area contributed by atoms with Gasteiger partial charge in [-0.05, 0) is 52.6 Å². The molecule has 0 amide bonds. The molecule has 6 rings (SSSR count). The molecule has 0 aliphatic carbocycles. The summed E-state index contributed by atoms with van der Waals surface area (Å²) in [5, 5.41) is 5.17. The minimum atomic E-state index is -0.355. The number of aromatic nitrogens is 4. The molecular formula is C29H22FN5. The van der Waals surface area contributed by atoms with Gasteiger partial charge in [0.05, 0.1) is 0 Å². The van der Waals surface area contributed by atoms with E-state index in [0.29, 0.717) is 12.1 Å². The maximum atomic E-state index is 15.2. The first-order valence-electron chi connectivity index (χ1n) is 11.5. The Hall–Kier alpha value is -4.42. The largest absolute Gasteiger partial charge is 0.346 e. The van der Waals surface area contributed by atoms with Crippen LogP contribution < -0.4 is 5.32 Å². The van der Waals surface area contributed by atoms with Gasteiger partial charge in [0, 0.05) is 66.0 Å². The molecular weight excluding hydrogens is 437 g/mol. The van der Waals surface area contributed by atoms with Crippen molar-refractivity contribution in [3.8, 4) is 22.3 Å². The number of halogens is 1. The van der Waals surface area contributed by atoms with Crippen molar-refractivity contribution >= 4 is 21.9 Å². The zero-order valence-electron chi connectivity index (χ0n) is 18.9. The monoisotopic (exact) mass is 459 g/mol. The maximum absolute atomic E-state index is 15.2. The van der Waals surface area contributed by atoms with E-state index in [-0.39, 0.29) is 5.82 Å². The SMILES string of the molecule is Fc1cc(-c2c[nH]c3ncc(CNCc4ccccc4)cc23)cc2c(-c3cccnc3)ccnc12. The van der Waals surface area contributed by atoms with Crippen LogP contribution in [-0.4, -0.2) is 19.9 Å². The highest BCUT2D eigenvalue weighted by molar-refractivity contribution is 6.00. The van der Waals surface area contributed by atoms with Crippen molar-refractivity contribution in [1.29, 1.82) is 0 Å². The summed E-state index contributed by atoms with van der Waals surface area (Å²) in [6.07, 6.45) is 8.90. The van der Waals surface area contributed by atoms with Crippen LogP contribution in [0.25, 0.3) is 44.2 Å². The summed E-state index contributed by atoms with van der Waals surface area (Å²) in [6.45, 7) is 1.46. The zero-order chi connectivity index (χ0) is 23.6. The fourth-order valence-electron chi connectivity index (χ4n) is 4.47. The predicted molar refractivity (Wildman–Crippen MR) is 137 cm³/mol. The first-order valence-corrected chi connectivity index (χ1v) is 11.5. The van der Waals surface area contributed by atoms with E-state index in [1.807, 2.05) is 54.9 Å². The van der Waals surface area contributed by atoms with Gasteiger partial charge < -0.3 is 10.3 Å². The number of benzene rings is 2. The van der Waals surface area contributed by atoms with E-state index in [2.05, 4.69) is 43.5 Å². The van der Waals surface area contributed by atoms with Crippen LogP contribution in [0.1, 0.15) is 11.1 Å². The van der Waals surface area contributed by atoms with Crippen LogP contribution in [0.2, 0.25) is 0 Å². The average Bonchev–Trinajstić information content (AvgIpc) is 3.33. The lowest BCUT2D eigenvalue weighted by atomic mass is 9.97. The quantitative estimate of drug-likeness (QED) is 0.308. The van der Waals surface area contributed by atoms with E-state index in [4.69, 9.17) is 0 Å². The number of H-pyrrole nitrogens is 1. The minimum Gasteiger partial charge on any atom is -0.346 e. The summed E-state index contributed by atoms with van der Waals surface area (Å²) in [6, 6.07) is 21.7. The Kier molecular flexibility index (Phi) is 5.48. The van der Waals surface area contributed by atoms with Crippen molar-refractivity contribution < 1.29 is 4.39 Å². The molecule has 0 saturated heterocycles. The smallest absolute Gasteiger partial charge is 0.150 e. The van der Waals surface area contributed by atoms with Crippen LogP contribution in [0.3, 0.4) is 0 Å². The molecule has 5 nitrogen and oxygen atoms in total. The summed E-state index contributed by atoms with van der Waals surface area (Å²) in [5.41, 5.74) is 6.90. The van der Waals surface area contributed by atoms with Gasteiger partial charge in [-0.1, -0.05) is 36.4 Å². The normalized spacial score (nSPS) is 11.3. The Morgan fingerprint density at radius 1 is 0.743 bits per heavy atom. The molecule has 0 radical (unpaired) electrons. The lowest BCUT2D eigenvalue weighted by Crippen LogP contribution is -2.12. The van der Waals surface area contributed by atoms with Crippen molar-refractivity contribution in [3.63, 3.8) is 0 Å². The summed E-state index contributed by atoms with van der Waals surface area (Å²) in [7, 11) is 0.